The molecule has 0 radical (unpaired) electrons. The second kappa shape index (κ2) is 7.67. The fourth-order valence-electron chi connectivity index (χ4n) is 5.43. The zero-order valence-electron chi connectivity index (χ0n) is 13.9. The van der Waals surface area contributed by atoms with Crippen molar-refractivity contribution in [3.8, 4) is 0 Å². The summed E-state index contributed by atoms with van der Waals surface area (Å²) in [6, 6.07) is 1.79. The van der Waals surface area contributed by atoms with E-state index in [4.69, 9.17) is 0 Å². The molecule has 4 atom stereocenters. The van der Waals surface area contributed by atoms with Crippen LogP contribution in [0.4, 0.5) is 0 Å². The first-order valence-corrected chi connectivity index (χ1v) is 11.9. The highest BCUT2D eigenvalue weighted by Gasteiger charge is 2.37. The van der Waals surface area contributed by atoms with Gasteiger partial charge in [0.05, 0.1) is 0 Å². The topological polar surface area (TPSA) is 6.48 Å². The molecular formula is C18H32N2S2. The van der Waals surface area contributed by atoms with Crippen LogP contribution in [-0.4, -0.2) is 33.8 Å². The third kappa shape index (κ3) is 3.50. The van der Waals surface area contributed by atoms with E-state index >= 15 is 0 Å². The quantitative estimate of drug-likeness (QED) is 0.493. The minimum Gasteiger partial charge on any atom is -0.237 e. The number of fused-ring (bicyclic) bond motifs is 2. The van der Waals surface area contributed by atoms with E-state index in [0.717, 1.165) is 23.9 Å². The first kappa shape index (κ1) is 16.1. The molecule has 4 rings (SSSR count). The lowest BCUT2D eigenvalue weighted by Gasteiger charge is -2.46. The van der Waals surface area contributed by atoms with Crippen molar-refractivity contribution in [2.45, 2.75) is 89.1 Å². The van der Waals surface area contributed by atoms with Crippen LogP contribution in [0.3, 0.4) is 0 Å². The van der Waals surface area contributed by atoms with Gasteiger partial charge in [-0.1, -0.05) is 25.7 Å². The number of rotatable bonds is 3. The van der Waals surface area contributed by atoms with E-state index in [9.17, 15) is 0 Å². The van der Waals surface area contributed by atoms with E-state index < -0.39 is 0 Å². The molecule has 22 heavy (non-hydrogen) atoms. The summed E-state index contributed by atoms with van der Waals surface area (Å²) >= 11 is 0. The zero-order valence-corrected chi connectivity index (χ0v) is 15.6. The molecular weight excluding hydrogens is 308 g/mol. The van der Waals surface area contributed by atoms with Crippen LogP contribution >= 0.6 is 22.0 Å². The molecule has 2 aliphatic heterocycles. The molecule has 4 heteroatoms. The second-order valence-electron chi connectivity index (χ2n) is 7.94. The maximum Gasteiger partial charge on any atom is 0.0239 e. The average molecular weight is 341 g/mol. The molecule has 0 aromatic heterocycles. The second-order valence-corrected chi connectivity index (χ2v) is 10.1. The van der Waals surface area contributed by atoms with Gasteiger partial charge < -0.3 is 0 Å². The van der Waals surface area contributed by atoms with Crippen LogP contribution in [0.2, 0.25) is 0 Å². The largest absolute Gasteiger partial charge is 0.237 e. The smallest absolute Gasteiger partial charge is 0.0239 e. The van der Waals surface area contributed by atoms with Gasteiger partial charge in [0, 0.05) is 47.1 Å². The summed E-state index contributed by atoms with van der Waals surface area (Å²) in [5, 5.41) is 0. The van der Waals surface area contributed by atoms with Gasteiger partial charge in [-0.2, -0.15) is 0 Å². The lowest BCUT2D eigenvalue weighted by Crippen LogP contribution is -2.44. The van der Waals surface area contributed by atoms with Crippen LogP contribution in [0.25, 0.3) is 0 Å². The third-order valence-electron chi connectivity index (χ3n) is 6.61. The Hall–Kier alpha value is 0.620. The van der Waals surface area contributed by atoms with E-state index in [2.05, 4.69) is 30.6 Å². The summed E-state index contributed by atoms with van der Waals surface area (Å²) in [5.41, 5.74) is 0. The van der Waals surface area contributed by atoms with Gasteiger partial charge in [0.1, 0.15) is 0 Å². The van der Waals surface area contributed by atoms with Gasteiger partial charge in [-0.15, -0.1) is 0 Å². The van der Waals surface area contributed by atoms with Gasteiger partial charge in [0.2, 0.25) is 0 Å². The standard InChI is InChI=1S/C18H32N2S2/c1-3-11-17-15(7-1)9-5-13-19(17)21-22-20-14-6-10-16-8-2-4-12-18(16)20/h15-18H,1-14H2. The summed E-state index contributed by atoms with van der Waals surface area (Å²) in [6.45, 7) is 2.67. The molecule has 0 amide bonds. The number of hydrogen-bond donors (Lipinski definition) is 0. The van der Waals surface area contributed by atoms with Crippen molar-refractivity contribution in [1.82, 2.24) is 8.61 Å². The van der Waals surface area contributed by atoms with E-state index in [1.54, 1.807) is 0 Å². The first-order valence-electron chi connectivity index (χ1n) is 9.80. The normalized spacial score (nSPS) is 40.9. The van der Waals surface area contributed by atoms with Gasteiger partial charge in [-0.3, -0.25) is 0 Å². The SMILES string of the molecule is C1CCC2C(C1)CCCN2SSN1CCCC2CCCCC21. The monoisotopic (exact) mass is 340 g/mol. The maximum atomic E-state index is 2.78. The highest BCUT2D eigenvalue weighted by molar-refractivity contribution is 8.74. The van der Waals surface area contributed by atoms with Crippen molar-refractivity contribution >= 4 is 22.0 Å². The van der Waals surface area contributed by atoms with Crippen LogP contribution in [0.5, 0.6) is 0 Å². The minimum absolute atomic E-state index is 0.895. The summed E-state index contributed by atoms with van der Waals surface area (Å²) in [4.78, 5) is 0. The molecule has 4 unspecified atom stereocenters. The van der Waals surface area contributed by atoms with Crippen molar-refractivity contribution in [2.75, 3.05) is 13.1 Å². The number of hydrogen-bond acceptors (Lipinski definition) is 4. The van der Waals surface area contributed by atoms with Crippen molar-refractivity contribution in [3.63, 3.8) is 0 Å². The predicted octanol–water partition coefficient (Wildman–Crippen LogP) is 5.51. The Kier molecular flexibility index (Phi) is 5.62. The van der Waals surface area contributed by atoms with Crippen molar-refractivity contribution in [2.24, 2.45) is 11.8 Å². The van der Waals surface area contributed by atoms with Gasteiger partial charge in [0.15, 0.2) is 0 Å². The van der Waals surface area contributed by atoms with Crippen LogP contribution in [0, 0.1) is 11.8 Å². The fourth-order valence-corrected chi connectivity index (χ4v) is 8.41. The van der Waals surface area contributed by atoms with Crippen LogP contribution in [0.15, 0.2) is 0 Å². The predicted molar refractivity (Wildman–Crippen MR) is 98.6 cm³/mol. The molecule has 0 spiro atoms. The number of piperidine rings is 2. The summed E-state index contributed by atoms with van der Waals surface area (Å²) in [7, 11) is 4.24. The molecule has 4 fully saturated rings. The van der Waals surface area contributed by atoms with Gasteiger partial charge in [-0.25, -0.2) is 8.61 Å². The third-order valence-corrected chi connectivity index (χ3v) is 9.31. The number of nitrogens with zero attached hydrogens (tertiary/aromatic N) is 2. The Labute approximate surface area is 144 Å². The highest BCUT2D eigenvalue weighted by atomic mass is 33.1. The van der Waals surface area contributed by atoms with Gasteiger partial charge in [0.25, 0.3) is 0 Å². The molecule has 4 aliphatic rings. The van der Waals surface area contributed by atoms with Gasteiger partial charge in [-0.05, 0) is 63.2 Å². The molecule has 0 aromatic rings. The first-order chi connectivity index (χ1) is 10.9. The Balaban J connectivity index is 1.33. The van der Waals surface area contributed by atoms with E-state index in [-0.39, 0.29) is 0 Å². The molecule has 2 aliphatic carbocycles. The van der Waals surface area contributed by atoms with E-state index in [1.807, 2.05) is 0 Å². The molecule has 126 valence electrons. The summed E-state index contributed by atoms with van der Waals surface area (Å²) < 4.78 is 5.56. The molecule has 2 saturated heterocycles. The average Bonchev–Trinajstić information content (AvgIpc) is 2.60. The van der Waals surface area contributed by atoms with Crippen LogP contribution < -0.4 is 0 Å². The van der Waals surface area contributed by atoms with Crippen LogP contribution in [-0.2, 0) is 0 Å². The fraction of sp³-hybridized carbons (Fsp3) is 1.00. The molecule has 0 bridgehead atoms. The molecule has 2 nitrogen and oxygen atoms in total. The highest BCUT2D eigenvalue weighted by Crippen LogP contribution is 2.46. The van der Waals surface area contributed by atoms with E-state index in [0.29, 0.717) is 0 Å². The molecule has 2 saturated carbocycles. The maximum absolute atomic E-state index is 2.78. The minimum atomic E-state index is 0.895. The van der Waals surface area contributed by atoms with E-state index in [1.165, 1.54) is 90.1 Å². The van der Waals surface area contributed by atoms with Crippen molar-refractivity contribution in [3.05, 3.63) is 0 Å². The Morgan fingerprint density at radius 1 is 0.500 bits per heavy atom. The summed E-state index contributed by atoms with van der Waals surface area (Å²) in [6.07, 6.45) is 17.7. The lowest BCUT2D eigenvalue weighted by atomic mass is 9.79. The Bertz CT molecular complexity index is 327. The Morgan fingerprint density at radius 3 is 1.41 bits per heavy atom. The molecule has 0 N–H and O–H groups in total. The van der Waals surface area contributed by atoms with Crippen molar-refractivity contribution in [1.29, 1.82) is 0 Å². The molecule has 2 heterocycles. The summed E-state index contributed by atoms with van der Waals surface area (Å²) in [5.74, 6) is 2.03. The van der Waals surface area contributed by atoms with Crippen LogP contribution in [0.1, 0.15) is 77.0 Å². The molecule has 0 aromatic carbocycles. The van der Waals surface area contributed by atoms with Crippen molar-refractivity contribution < 1.29 is 0 Å². The lowest BCUT2D eigenvalue weighted by molar-refractivity contribution is 0.136. The van der Waals surface area contributed by atoms with Gasteiger partial charge >= 0.3 is 0 Å². The Morgan fingerprint density at radius 2 is 0.909 bits per heavy atom. The zero-order chi connectivity index (χ0) is 14.8.